The number of hydrogen-bond acceptors (Lipinski definition) is 5. The van der Waals surface area contributed by atoms with Crippen LogP contribution in [-0.4, -0.2) is 23.3 Å². The van der Waals surface area contributed by atoms with Crippen LogP contribution in [0.2, 0.25) is 0 Å². The number of ether oxygens (including phenoxy) is 1. The van der Waals surface area contributed by atoms with Crippen molar-refractivity contribution in [3.8, 4) is 5.75 Å². The van der Waals surface area contributed by atoms with Gasteiger partial charge in [0.1, 0.15) is 5.75 Å². The third kappa shape index (κ3) is 3.97. The van der Waals surface area contributed by atoms with Crippen molar-refractivity contribution >= 4 is 17.7 Å². The van der Waals surface area contributed by atoms with Crippen LogP contribution in [0.25, 0.3) is 0 Å². The van der Waals surface area contributed by atoms with Crippen LogP contribution in [0.3, 0.4) is 0 Å². The third-order valence-corrected chi connectivity index (χ3v) is 3.40. The Bertz CT molecular complexity index is 563. The molecule has 0 aliphatic rings. The molecule has 5 nitrogen and oxygen atoms in total. The first kappa shape index (κ1) is 14.4. The maximum absolute atomic E-state index is 11.6. The number of amides is 1. The van der Waals surface area contributed by atoms with Crippen molar-refractivity contribution in [2.24, 2.45) is 5.84 Å². The van der Waals surface area contributed by atoms with E-state index in [1.807, 2.05) is 24.3 Å². The minimum absolute atomic E-state index is 0.363. The molecule has 0 radical (unpaired) electrons. The first-order valence-electron chi connectivity index (χ1n) is 6.08. The second kappa shape index (κ2) is 7.52. The first-order valence-corrected chi connectivity index (χ1v) is 7.06. The topological polar surface area (TPSA) is 77.2 Å². The number of pyridine rings is 1. The van der Waals surface area contributed by atoms with Gasteiger partial charge in [-0.3, -0.25) is 10.2 Å². The molecular formula is C14H15N3O2S. The predicted octanol–water partition coefficient (Wildman–Crippen LogP) is 1.86. The van der Waals surface area contributed by atoms with Crippen molar-refractivity contribution in [2.45, 2.75) is 5.03 Å². The standard InChI is InChI=1S/C14H15N3O2S/c15-17-14(18)11-5-1-2-6-12(11)19-9-10-20-13-7-3-4-8-16-13/h1-8H,9-10,15H2,(H,17,18). The van der Waals surface area contributed by atoms with Gasteiger partial charge in [0.05, 0.1) is 17.2 Å². The van der Waals surface area contributed by atoms with Gasteiger partial charge in [0.2, 0.25) is 0 Å². The van der Waals surface area contributed by atoms with E-state index in [1.54, 1.807) is 36.2 Å². The van der Waals surface area contributed by atoms with Gasteiger partial charge < -0.3 is 4.74 Å². The molecular weight excluding hydrogens is 274 g/mol. The van der Waals surface area contributed by atoms with Gasteiger partial charge in [-0.15, -0.1) is 11.8 Å². The molecule has 0 bridgehead atoms. The SMILES string of the molecule is NNC(=O)c1ccccc1OCCSc1ccccn1. The van der Waals surface area contributed by atoms with Crippen molar-refractivity contribution in [2.75, 3.05) is 12.4 Å². The Balaban J connectivity index is 1.87. The molecule has 3 N–H and O–H groups in total. The highest BCUT2D eigenvalue weighted by atomic mass is 32.2. The highest BCUT2D eigenvalue weighted by Crippen LogP contribution is 2.19. The Hall–Kier alpha value is -2.05. The molecule has 0 atom stereocenters. The minimum Gasteiger partial charge on any atom is -0.492 e. The van der Waals surface area contributed by atoms with Crippen LogP contribution < -0.4 is 16.0 Å². The van der Waals surface area contributed by atoms with E-state index in [-0.39, 0.29) is 5.91 Å². The van der Waals surface area contributed by atoms with E-state index in [0.717, 1.165) is 10.8 Å². The molecule has 0 saturated heterocycles. The number of benzene rings is 1. The molecule has 0 unspecified atom stereocenters. The van der Waals surface area contributed by atoms with E-state index in [4.69, 9.17) is 10.6 Å². The monoisotopic (exact) mass is 289 g/mol. The van der Waals surface area contributed by atoms with Gasteiger partial charge in [-0.2, -0.15) is 0 Å². The molecule has 1 amide bonds. The smallest absolute Gasteiger partial charge is 0.268 e. The number of para-hydroxylation sites is 1. The second-order valence-corrected chi connectivity index (χ2v) is 4.95. The minimum atomic E-state index is -0.363. The lowest BCUT2D eigenvalue weighted by atomic mass is 10.2. The molecule has 20 heavy (non-hydrogen) atoms. The second-order valence-electron chi connectivity index (χ2n) is 3.83. The summed E-state index contributed by atoms with van der Waals surface area (Å²) in [5, 5.41) is 0.948. The fourth-order valence-corrected chi connectivity index (χ4v) is 2.27. The summed E-state index contributed by atoms with van der Waals surface area (Å²) in [6.45, 7) is 0.482. The molecule has 1 aromatic heterocycles. The average molecular weight is 289 g/mol. The molecule has 2 rings (SSSR count). The lowest BCUT2D eigenvalue weighted by Gasteiger charge is -2.10. The molecule has 0 aliphatic heterocycles. The predicted molar refractivity (Wildman–Crippen MR) is 78.6 cm³/mol. The van der Waals surface area contributed by atoms with Gasteiger partial charge in [-0.1, -0.05) is 18.2 Å². The summed E-state index contributed by atoms with van der Waals surface area (Å²) in [4.78, 5) is 15.8. The average Bonchev–Trinajstić information content (AvgIpc) is 2.52. The van der Waals surface area contributed by atoms with Crippen LogP contribution in [-0.2, 0) is 0 Å². The summed E-state index contributed by atoms with van der Waals surface area (Å²) in [5.74, 6) is 6.04. The number of nitrogens with zero attached hydrogens (tertiary/aromatic N) is 1. The number of rotatable bonds is 6. The van der Waals surface area contributed by atoms with Gasteiger partial charge in [0.25, 0.3) is 5.91 Å². The van der Waals surface area contributed by atoms with Gasteiger partial charge in [0.15, 0.2) is 0 Å². The van der Waals surface area contributed by atoms with E-state index >= 15 is 0 Å². The summed E-state index contributed by atoms with van der Waals surface area (Å²) in [6, 6.07) is 12.8. The van der Waals surface area contributed by atoms with Crippen molar-refractivity contribution in [1.82, 2.24) is 10.4 Å². The largest absolute Gasteiger partial charge is 0.492 e. The van der Waals surface area contributed by atoms with Gasteiger partial charge >= 0.3 is 0 Å². The van der Waals surface area contributed by atoms with Crippen LogP contribution in [0.15, 0.2) is 53.7 Å². The van der Waals surface area contributed by atoms with Crippen molar-refractivity contribution < 1.29 is 9.53 Å². The maximum atomic E-state index is 11.6. The lowest BCUT2D eigenvalue weighted by Crippen LogP contribution is -2.30. The Kier molecular flexibility index (Phi) is 5.40. The molecule has 1 aromatic carbocycles. The Morgan fingerprint density at radius 3 is 2.80 bits per heavy atom. The quantitative estimate of drug-likeness (QED) is 0.279. The van der Waals surface area contributed by atoms with Crippen molar-refractivity contribution in [3.05, 3.63) is 54.2 Å². The molecule has 104 valence electrons. The molecule has 0 aliphatic carbocycles. The Morgan fingerprint density at radius 1 is 1.25 bits per heavy atom. The number of thioether (sulfide) groups is 1. The number of carbonyl (C=O) groups excluding carboxylic acids is 1. The zero-order valence-corrected chi connectivity index (χ0v) is 11.6. The number of nitrogens with one attached hydrogen (secondary N) is 1. The normalized spacial score (nSPS) is 10.1. The molecule has 6 heteroatoms. The van der Waals surface area contributed by atoms with Crippen molar-refractivity contribution in [1.29, 1.82) is 0 Å². The highest BCUT2D eigenvalue weighted by molar-refractivity contribution is 7.99. The van der Waals surface area contributed by atoms with E-state index in [0.29, 0.717) is 17.9 Å². The first-order chi connectivity index (χ1) is 9.81. The van der Waals surface area contributed by atoms with E-state index in [1.165, 1.54) is 0 Å². The fourth-order valence-electron chi connectivity index (χ4n) is 1.59. The third-order valence-electron chi connectivity index (χ3n) is 2.49. The molecule has 0 spiro atoms. The number of hydrogen-bond donors (Lipinski definition) is 2. The van der Waals surface area contributed by atoms with E-state index in [9.17, 15) is 4.79 Å². The Labute approximate surface area is 121 Å². The lowest BCUT2D eigenvalue weighted by molar-refractivity contribution is 0.0950. The number of hydrazine groups is 1. The van der Waals surface area contributed by atoms with Crippen LogP contribution in [0.5, 0.6) is 5.75 Å². The highest BCUT2D eigenvalue weighted by Gasteiger charge is 2.10. The molecule has 0 saturated carbocycles. The molecule has 2 aromatic rings. The molecule has 1 heterocycles. The summed E-state index contributed by atoms with van der Waals surface area (Å²) in [7, 11) is 0. The van der Waals surface area contributed by atoms with Crippen LogP contribution in [0.1, 0.15) is 10.4 Å². The summed E-state index contributed by atoms with van der Waals surface area (Å²) >= 11 is 1.60. The van der Waals surface area contributed by atoms with E-state index in [2.05, 4.69) is 10.4 Å². The number of nitrogens with two attached hydrogens (primary N) is 1. The zero-order chi connectivity index (χ0) is 14.2. The summed E-state index contributed by atoms with van der Waals surface area (Å²) in [5.41, 5.74) is 2.53. The van der Waals surface area contributed by atoms with Crippen LogP contribution in [0, 0.1) is 0 Å². The van der Waals surface area contributed by atoms with Crippen LogP contribution >= 0.6 is 11.8 Å². The number of aromatic nitrogens is 1. The van der Waals surface area contributed by atoms with E-state index < -0.39 is 0 Å². The van der Waals surface area contributed by atoms with Crippen LogP contribution in [0.4, 0.5) is 0 Å². The summed E-state index contributed by atoms with van der Waals surface area (Å²) in [6.07, 6.45) is 1.75. The van der Waals surface area contributed by atoms with Gasteiger partial charge in [-0.25, -0.2) is 10.8 Å². The number of carbonyl (C=O) groups is 1. The van der Waals surface area contributed by atoms with Gasteiger partial charge in [0, 0.05) is 11.9 Å². The van der Waals surface area contributed by atoms with Crippen molar-refractivity contribution in [3.63, 3.8) is 0 Å². The van der Waals surface area contributed by atoms with Gasteiger partial charge in [-0.05, 0) is 24.3 Å². The number of nitrogen functional groups attached to an aromatic ring is 1. The fraction of sp³-hybridized carbons (Fsp3) is 0.143. The zero-order valence-electron chi connectivity index (χ0n) is 10.8. The Morgan fingerprint density at radius 2 is 2.05 bits per heavy atom. The summed E-state index contributed by atoms with van der Waals surface area (Å²) < 4.78 is 5.62. The maximum Gasteiger partial charge on any atom is 0.268 e. The molecule has 0 fully saturated rings.